The van der Waals surface area contributed by atoms with Crippen LogP contribution in [0.3, 0.4) is 0 Å². The second kappa shape index (κ2) is 11.4. The Morgan fingerprint density at radius 1 is 0.360 bits per heavy atom. The van der Waals surface area contributed by atoms with Crippen LogP contribution in [-0.4, -0.2) is 14.5 Å². The smallest absolute Gasteiger partial charge is 0.160 e. The van der Waals surface area contributed by atoms with Crippen LogP contribution in [0, 0.1) is 0 Å². The highest BCUT2D eigenvalue weighted by atomic mass is 16.3. The highest BCUT2D eigenvalue weighted by Gasteiger charge is 2.16. The lowest BCUT2D eigenvalue weighted by Crippen LogP contribution is -1.98. The molecule has 50 heavy (non-hydrogen) atoms. The number of benzene rings is 7. The number of para-hydroxylation sites is 2. The molecule has 234 valence electrons. The van der Waals surface area contributed by atoms with Gasteiger partial charge in [0, 0.05) is 43.9 Å². The minimum atomic E-state index is 0.665. The molecule has 7 aromatic carbocycles. The van der Waals surface area contributed by atoms with Gasteiger partial charge in [0.1, 0.15) is 11.2 Å². The van der Waals surface area contributed by atoms with Crippen LogP contribution in [0.5, 0.6) is 0 Å². The largest absolute Gasteiger partial charge is 0.456 e. The van der Waals surface area contributed by atoms with Crippen molar-refractivity contribution in [1.29, 1.82) is 0 Å². The zero-order valence-electron chi connectivity index (χ0n) is 27.0. The molecule has 0 radical (unpaired) electrons. The highest BCUT2D eigenvalue weighted by molar-refractivity contribution is 6.10. The lowest BCUT2D eigenvalue weighted by molar-refractivity contribution is 0.669. The average molecular weight is 640 g/mol. The van der Waals surface area contributed by atoms with Crippen molar-refractivity contribution in [2.24, 2.45) is 0 Å². The van der Waals surface area contributed by atoms with Crippen LogP contribution in [0.15, 0.2) is 180 Å². The third-order valence-electron chi connectivity index (χ3n) is 9.61. The van der Waals surface area contributed by atoms with Gasteiger partial charge in [-0.3, -0.25) is 0 Å². The van der Waals surface area contributed by atoms with Crippen molar-refractivity contribution in [2.45, 2.75) is 0 Å². The molecular formula is C46H29N3O. The van der Waals surface area contributed by atoms with Crippen LogP contribution in [0.4, 0.5) is 0 Å². The summed E-state index contributed by atoms with van der Waals surface area (Å²) >= 11 is 0. The molecule has 3 aromatic heterocycles. The maximum absolute atomic E-state index is 6.26. The normalized spacial score (nSPS) is 11.6. The molecule has 0 atom stereocenters. The topological polar surface area (TPSA) is 43.9 Å². The Bertz CT molecular complexity index is 2870. The van der Waals surface area contributed by atoms with Crippen LogP contribution < -0.4 is 0 Å². The molecule has 0 amide bonds. The van der Waals surface area contributed by atoms with Gasteiger partial charge in [0.2, 0.25) is 0 Å². The van der Waals surface area contributed by atoms with E-state index in [0.717, 1.165) is 66.7 Å². The highest BCUT2D eigenvalue weighted by Crippen LogP contribution is 2.37. The summed E-state index contributed by atoms with van der Waals surface area (Å²) in [5, 5.41) is 4.64. The summed E-state index contributed by atoms with van der Waals surface area (Å²) in [4.78, 5) is 10.4. The molecule has 0 saturated heterocycles. The minimum Gasteiger partial charge on any atom is -0.456 e. The first kappa shape index (κ1) is 28.3. The van der Waals surface area contributed by atoms with Gasteiger partial charge in [-0.2, -0.15) is 0 Å². The molecule has 4 heteroatoms. The molecule has 0 spiro atoms. The zero-order valence-corrected chi connectivity index (χ0v) is 27.0. The van der Waals surface area contributed by atoms with E-state index in [9.17, 15) is 0 Å². The molecule has 0 aliphatic rings. The van der Waals surface area contributed by atoms with Crippen LogP contribution in [0.25, 0.3) is 94.5 Å². The van der Waals surface area contributed by atoms with Gasteiger partial charge in [-0.25, -0.2) is 9.97 Å². The van der Waals surface area contributed by atoms with Gasteiger partial charge in [-0.1, -0.05) is 127 Å². The van der Waals surface area contributed by atoms with Gasteiger partial charge in [-0.15, -0.1) is 0 Å². The third-order valence-corrected chi connectivity index (χ3v) is 9.61. The lowest BCUT2D eigenvalue weighted by Gasteiger charge is -2.12. The predicted molar refractivity (Wildman–Crippen MR) is 205 cm³/mol. The van der Waals surface area contributed by atoms with Gasteiger partial charge in [0.05, 0.1) is 22.4 Å². The predicted octanol–water partition coefficient (Wildman–Crippen LogP) is 12.1. The quantitative estimate of drug-likeness (QED) is 0.188. The molecule has 0 aliphatic heterocycles. The summed E-state index contributed by atoms with van der Waals surface area (Å²) in [7, 11) is 0. The number of rotatable bonds is 5. The molecule has 10 rings (SSSR count). The molecule has 0 saturated carbocycles. The molecule has 4 nitrogen and oxygen atoms in total. The van der Waals surface area contributed by atoms with Crippen LogP contribution >= 0.6 is 0 Å². The Morgan fingerprint density at radius 3 is 1.82 bits per heavy atom. The van der Waals surface area contributed by atoms with E-state index in [-0.39, 0.29) is 0 Å². The van der Waals surface area contributed by atoms with E-state index in [1.165, 1.54) is 21.9 Å². The summed E-state index contributed by atoms with van der Waals surface area (Å²) in [6, 6.07) is 61.4. The van der Waals surface area contributed by atoms with Crippen molar-refractivity contribution in [3.63, 3.8) is 0 Å². The summed E-state index contributed by atoms with van der Waals surface area (Å²) in [6.07, 6.45) is 0. The number of hydrogen-bond acceptors (Lipinski definition) is 3. The molecule has 10 aromatic rings. The van der Waals surface area contributed by atoms with Crippen LogP contribution in [0.1, 0.15) is 0 Å². The van der Waals surface area contributed by atoms with Gasteiger partial charge in [0.15, 0.2) is 5.82 Å². The number of aromatic nitrogens is 3. The number of fused-ring (bicyclic) bond motifs is 6. The maximum Gasteiger partial charge on any atom is 0.160 e. The molecule has 0 N–H and O–H groups in total. The Kier molecular flexibility index (Phi) is 6.46. The summed E-state index contributed by atoms with van der Waals surface area (Å²) in [6.45, 7) is 0. The van der Waals surface area contributed by atoms with Gasteiger partial charge in [-0.05, 0) is 59.7 Å². The molecule has 0 fully saturated rings. The van der Waals surface area contributed by atoms with E-state index in [1.807, 2.05) is 36.4 Å². The SMILES string of the molecule is c1ccc(-c2ccc3c4ccccc4n(-c4cccc(-c5nc(-c6ccccc6)cc(-c6ccc7c(c6)oc6ccccc67)n5)c4)c3c2)cc1. The molecule has 0 bridgehead atoms. The van der Waals surface area contributed by atoms with E-state index < -0.39 is 0 Å². The second-order valence-corrected chi connectivity index (χ2v) is 12.6. The third kappa shape index (κ3) is 4.69. The standard InChI is InChI=1S/C46H29N3O/c1-3-12-30(13-4-1)32-22-24-37-36-18-7-9-20-42(36)49(43(37)27-32)35-17-11-16-34(26-35)46-47-40(31-14-5-2-6-15-31)29-41(48-46)33-23-25-39-38-19-8-10-21-44(38)50-45(39)28-33/h1-29H. The van der Waals surface area contributed by atoms with Crippen molar-refractivity contribution in [2.75, 3.05) is 0 Å². The van der Waals surface area contributed by atoms with Crippen LogP contribution in [-0.2, 0) is 0 Å². The average Bonchev–Trinajstić information content (AvgIpc) is 3.73. The van der Waals surface area contributed by atoms with E-state index in [0.29, 0.717) is 5.82 Å². The zero-order chi connectivity index (χ0) is 33.0. The van der Waals surface area contributed by atoms with E-state index in [4.69, 9.17) is 14.4 Å². The second-order valence-electron chi connectivity index (χ2n) is 12.6. The molecular weight excluding hydrogens is 611 g/mol. The monoisotopic (exact) mass is 639 g/mol. The first-order valence-corrected chi connectivity index (χ1v) is 16.8. The molecule has 0 unspecified atom stereocenters. The minimum absolute atomic E-state index is 0.665. The maximum atomic E-state index is 6.26. The number of furan rings is 1. The number of hydrogen-bond donors (Lipinski definition) is 0. The first-order valence-electron chi connectivity index (χ1n) is 16.8. The summed E-state index contributed by atoms with van der Waals surface area (Å²) < 4.78 is 8.62. The van der Waals surface area contributed by atoms with Crippen molar-refractivity contribution >= 4 is 43.7 Å². The van der Waals surface area contributed by atoms with Crippen molar-refractivity contribution in [1.82, 2.24) is 14.5 Å². The fourth-order valence-corrected chi connectivity index (χ4v) is 7.21. The first-order chi connectivity index (χ1) is 24.8. The Labute approximate surface area is 288 Å². The van der Waals surface area contributed by atoms with Gasteiger partial charge >= 0.3 is 0 Å². The lowest BCUT2D eigenvalue weighted by atomic mass is 10.0. The van der Waals surface area contributed by atoms with E-state index in [2.05, 4.69) is 144 Å². The van der Waals surface area contributed by atoms with E-state index in [1.54, 1.807) is 0 Å². The van der Waals surface area contributed by atoms with Gasteiger partial charge in [0.25, 0.3) is 0 Å². The Hall–Kier alpha value is -6.78. The summed E-state index contributed by atoms with van der Waals surface area (Å²) in [5.74, 6) is 0.665. The van der Waals surface area contributed by atoms with Crippen LogP contribution in [0.2, 0.25) is 0 Å². The molecule has 3 heterocycles. The fourth-order valence-electron chi connectivity index (χ4n) is 7.21. The Balaban J connectivity index is 1.15. The van der Waals surface area contributed by atoms with Crippen molar-refractivity contribution < 1.29 is 4.42 Å². The van der Waals surface area contributed by atoms with Crippen molar-refractivity contribution in [3.8, 4) is 50.7 Å². The summed E-state index contributed by atoms with van der Waals surface area (Å²) in [5.41, 5.74) is 12.1. The van der Waals surface area contributed by atoms with Crippen molar-refractivity contribution in [3.05, 3.63) is 176 Å². The van der Waals surface area contributed by atoms with E-state index >= 15 is 0 Å². The van der Waals surface area contributed by atoms with Gasteiger partial charge < -0.3 is 8.98 Å². The fraction of sp³-hybridized carbons (Fsp3) is 0. The molecule has 0 aliphatic carbocycles. The Morgan fingerprint density at radius 2 is 0.980 bits per heavy atom. The number of nitrogens with zero attached hydrogens (tertiary/aromatic N) is 3.